The summed E-state index contributed by atoms with van der Waals surface area (Å²) in [5.74, 6) is 0.240. The van der Waals surface area contributed by atoms with E-state index in [0.29, 0.717) is 12.5 Å². The van der Waals surface area contributed by atoms with E-state index in [2.05, 4.69) is 4.99 Å². The third kappa shape index (κ3) is 3.88. The van der Waals surface area contributed by atoms with Crippen LogP contribution < -0.4 is 5.73 Å². The molecule has 1 aromatic rings. The molecule has 4 heteroatoms. The van der Waals surface area contributed by atoms with Gasteiger partial charge in [-0.2, -0.15) is 0 Å². The van der Waals surface area contributed by atoms with Crippen molar-refractivity contribution in [3.8, 4) is 0 Å². The Hall–Kier alpha value is -1.58. The van der Waals surface area contributed by atoms with E-state index < -0.39 is 0 Å². The minimum atomic E-state index is -0.231. The average molecular weight is 223 g/mol. The number of nitrogens with two attached hydrogens (primary N) is 1. The van der Waals surface area contributed by atoms with E-state index in [1.165, 1.54) is 12.1 Å². The molecular weight excluding hydrogens is 205 g/mol. The van der Waals surface area contributed by atoms with Crippen LogP contribution in [0, 0.1) is 5.82 Å². The normalized spacial score (nSPS) is 11.9. The molecule has 0 heterocycles. The molecule has 2 N–H and O–H groups in total. The molecule has 0 fully saturated rings. The maximum absolute atomic E-state index is 12.9. The van der Waals surface area contributed by atoms with Gasteiger partial charge in [-0.3, -0.25) is 4.99 Å². The van der Waals surface area contributed by atoms with Gasteiger partial charge in [0.25, 0.3) is 0 Å². The Morgan fingerprint density at radius 2 is 2.19 bits per heavy atom. The Morgan fingerprint density at radius 3 is 2.75 bits per heavy atom. The van der Waals surface area contributed by atoms with Crippen LogP contribution in [0.2, 0.25) is 0 Å². The number of benzene rings is 1. The Bertz CT molecular complexity index is 374. The second kappa shape index (κ2) is 5.49. The number of guanidine groups is 1. The maximum atomic E-state index is 12.9. The molecule has 16 heavy (non-hydrogen) atoms. The third-order valence-corrected chi connectivity index (χ3v) is 2.09. The smallest absolute Gasteiger partial charge is 0.191 e. The minimum Gasteiger partial charge on any atom is -0.370 e. The molecule has 0 spiro atoms. The van der Waals surface area contributed by atoms with E-state index in [4.69, 9.17) is 5.73 Å². The fraction of sp³-hybridized carbons (Fsp3) is 0.417. The lowest BCUT2D eigenvalue weighted by Gasteiger charge is -2.18. The van der Waals surface area contributed by atoms with Gasteiger partial charge in [0.1, 0.15) is 5.82 Å². The van der Waals surface area contributed by atoms with Gasteiger partial charge in [-0.1, -0.05) is 12.1 Å². The van der Waals surface area contributed by atoms with Crippen LogP contribution >= 0.6 is 0 Å². The van der Waals surface area contributed by atoms with Crippen LogP contribution in [0.15, 0.2) is 29.3 Å². The van der Waals surface area contributed by atoms with Crippen LogP contribution in [0.4, 0.5) is 4.39 Å². The van der Waals surface area contributed by atoms with E-state index in [0.717, 1.165) is 5.56 Å². The largest absolute Gasteiger partial charge is 0.370 e. The Kier molecular flexibility index (Phi) is 4.28. The topological polar surface area (TPSA) is 41.6 Å². The molecule has 0 bridgehead atoms. The van der Waals surface area contributed by atoms with Gasteiger partial charge in [-0.25, -0.2) is 4.39 Å². The predicted molar refractivity (Wildman–Crippen MR) is 64.6 cm³/mol. The van der Waals surface area contributed by atoms with Crippen LogP contribution in [-0.4, -0.2) is 23.9 Å². The lowest BCUT2D eigenvalue weighted by Crippen LogP contribution is -2.34. The quantitative estimate of drug-likeness (QED) is 0.629. The highest BCUT2D eigenvalue weighted by atomic mass is 19.1. The summed E-state index contributed by atoms with van der Waals surface area (Å²) in [5, 5.41) is 0. The van der Waals surface area contributed by atoms with Crippen molar-refractivity contribution in [1.29, 1.82) is 0 Å². The van der Waals surface area contributed by atoms with E-state index >= 15 is 0 Å². The van der Waals surface area contributed by atoms with E-state index in [1.54, 1.807) is 11.0 Å². The van der Waals surface area contributed by atoms with Crippen molar-refractivity contribution in [2.45, 2.75) is 26.4 Å². The number of hydrogen-bond donors (Lipinski definition) is 1. The molecule has 0 aliphatic carbocycles. The predicted octanol–water partition coefficient (Wildman–Crippen LogP) is 1.98. The molecule has 1 rings (SSSR count). The summed E-state index contributed by atoms with van der Waals surface area (Å²) in [6.07, 6.45) is 0. The van der Waals surface area contributed by atoms with Crippen molar-refractivity contribution in [3.63, 3.8) is 0 Å². The molecule has 0 amide bonds. The zero-order valence-electron chi connectivity index (χ0n) is 9.94. The highest BCUT2D eigenvalue weighted by Crippen LogP contribution is 2.06. The monoisotopic (exact) mass is 223 g/mol. The summed E-state index contributed by atoms with van der Waals surface area (Å²) in [7, 11) is 1.84. The first-order valence-electron chi connectivity index (χ1n) is 5.28. The molecule has 3 nitrogen and oxygen atoms in total. The fourth-order valence-corrected chi connectivity index (χ4v) is 1.35. The second-order valence-electron chi connectivity index (χ2n) is 4.07. The molecule has 0 aliphatic rings. The lowest BCUT2D eigenvalue weighted by atomic mass is 10.2. The lowest BCUT2D eigenvalue weighted by molar-refractivity contribution is 0.487. The number of halogens is 1. The summed E-state index contributed by atoms with van der Waals surface area (Å²) in [5.41, 5.74) is 6.67. The van der Waals surface area contributed by atoms with Gasteiger partial charge in [0, 0.05) is 19.6 Å². The standard InChI is InChI=1S/C12H18FN3/c1-9(2)15-12(14)16(3)8-10-5-4-6-11(13)7-10/h4-7,9H,8H2,1-3H3,(H2,14,15). The molecule has 88 valence electrons. The van der Waals surface area contributed by atoms with Crippen LogP contribution in [0.5, 0.6) is 0 Å². The van der Waals surface area contributed by atoms with Crippen molar-refractivity contribution < 1.29 is 4.39 Å². The fourth-order valence-electron chi connectivity index (χ4n) is 1.35. The van der Waals surface area contributed by atoms with E-state index in [1.807, 2.05) is 27.0 Å². The summed E-state index contributed by atoms with van der Waals surface area (Å²) in [6, 6.07) is 6.64. The Labute approximate surface area is 95.8 Å². The third-order valence-electron chi connectivity index (χ3n) is 2.09. The van der Waals surface area contributed by atoms with Crippen LogP contribution in [-0.2, 0) is 6.54 Å². The number of hydrogen-bond acceptors (Lipinski definition) is 1. The first kappa shape index (κ1) is 12.5. The Morgan fingerprint density at radius 1 is 1.50 bits per heavy atom. The molecule has 0 saturated heterocycles. The van der Waals surface area contributed by atoms with Crippen molar-refractivity contribution in [2.24, 2.45) is 10.7 Å². The molecular formula is C12H18FN3. The molecule has 0 aliphatic heterocycles. The molecule has 0 atom stereocenters. The zero-order valence-corrected chi connectivity index (χ0v) is 9.94. The maximum Gasteiger partial charge on any atom is 0.191 e. The molecule has 0 radical (unpaired) electrons. The number of aliphatic imine (C=N–C) groups is 1. The first-order chi connectivity index (χ1) is 7.49. The SMILES string of the molecule is CC(C)N=C(N)N(C)Cc1cccc(F)c1. The van der Waals surface area contributed by atoms with Crippen LogP contribution in [0.3, 0.4) is 0 Å². The first-order valence-corrected chi connectivity index (χ1v) is 5.28. The highest BCUT2D eigenvalue weighted by molar-refractivity contribution is 5.77. The summed E-state index contributed by atoms with van der Waals surface area (Å²) < 4.78 is 12.9. The molecule has 0 unspecified atom stereocenters. The van der Waals surface area contributed by atoms with Gasteiger partial charge in [-0.05, 0) is 31.5 Å². The van der Waals surface area contributed by atoms with Crippen LogP contribution in [0.25, 0.3) is 0 Å². The van der Waals surface area contributed by atoms with E-state index in [9.17, 15) is 4.39 Å². The van der Waals surface area contributed by atoms with Crippen LogP contribution in [0.1, 0.15) is 19.4 Å². The molecule has 0 aromatic heterocycles. The van der Waals surface area contributed by atoms with Gasteiger partial charge in [0.05, 0.1) is 0 Å². The van der Waals surface area contributed by atoms with E-state index in [-0.39, 0.29) is 11.9 Å². The van der Waals surface area contributed by atoms with Gasteiger partial charge in [0.2, 0.25) is 0 Å². The minimum absolute atomic E-state index is 0.162. The Balaban J connectivity index is 2.67. The van der Waals surface area contributed by atoms with Crippen molar-refractivity contribution >= 4 is 5.96 Å². The van der Waals surface area contributed by atoms with Crippen molar-refractivity contribution in [1.82, 2.24) is 4.90 Å². The number of nitrogens with zero attached hydrogens (tertiary/aromatic N) is 2. The average Bonchev–Trinajstić information content (AvgIpc) is 2.16. The molecule has 0 saturated carbocycles. The zero-order chi connectivity index (χ0) is 12.1. The molecule has 1 aromatic carbocycles. The van der Waals surface area contributed by atoms with Gasteiger partial charge < -0.3 is 10.6 Å². The van der Waals surface area contributed by atoms with Crippen molar-refractivity contribution in [3.05, 3.63) is 35.6 Å². The summed E-state index contributed by atoms with van der Waals surface area (Å²) in [4.78, 5) is 6.02. The van der Waals surface area contributed by atoms with Crippen molar-refractivity contribution in [2.75, 3.05) is 7.05 Å². The second-order valence-corrected chi connectivity index (χ2v) is 4.07. The summed E-state index contributed by atoms with van der Waals surface area (Å²) in [6.45, 7) is 4.48. The van der Waals surface area contributed by atoms with Gasteiger partial charge in [-0.15, -0.1) is 0 Å². The highest BCUT2D eigenvalue weighted by Gasteiger charge is 2.04. The summed E-state index contributed by atoms with van der Waals surface area (Å²) >= 11 is 0. The van der Waals surface area contributed by atoms with Gasteiger partial charge in [0.15, 0.2) is 5.96 Å². The van der Waals surface area contributed by atoms with Gasteiger partial charge >= 0.3 is 0 Å². The number of rotatable bonds is 3.